The van der Waals surface area contributed by atoms with Crippen molar-refractivity contribution < 1.29 is 18.3 Å². The Balaban J connectivity index is 1.86. The molecule has 0 aliphatic carbocycles. The molecular weight excluding hydrogens is 362 g/mol. The number of aromatic nitrogens is 1. The Morgan fingerprint density at radius 3 is 2.21 bits per heavy atom. The first kappa shape index (κ1) is 19.8. The van der Waals surface area contributed by atoms with Gasteiger partial charge < -0.3 is 9.47 Å². The third kappa shape index (κ3) is 5.04. The topological polar surface area (TPSA) is 34.6 Å². The van der Waals surface area contributed by atoms with Crippen LogP contribution in [0.4, 0.5) is 8.78 Å². The van der Waals surface area contributed by atoms with E-state index < -0.39 is 11.6 Å². The van der Waals surface area contributed by atoms with Crippen molar-refractivity contribution >= 4 is 0 Å². The van der Waals surface area contributed by atoms with E-state index in [1.54, 1.807) is 32.7 Å². The quantitative estimate of drug-likeness (QED) is 0.569. The van der Waals surface area contributed by atoms with E-state index in [-0.39, 0.29) is 0 Å². The molecule has 0 spiro atoms. The highest BCUT2D eigenvalue weighted by Crippen LogP contribution is 2.27. The van der Waals surface area contributed by atoms with Gasteiger partial charge in [-0.05, 0) is 41.5 Å². The molecule has 4 nitrogen and oxygen atoms in total. The lowest BCUT2D eigenvalue weighted by Gasteiger charge is -2.24. The van der Waals surface area contributed by atoms with E-state index in [4.69, 9.17) is 9.47 Å². The number of methoxy groups -OCH3 is 2. The zero-order valence-corrected chi connectivity index (χ0v) is 15.9. The van der Waals surface area contributed by atoms with Gasteiger partial charge in [0.05, 0.1) is 14.2 Å². The van der Waals surface area contributed by atoms with E-state index in [0.717, 1.165) is 17.2 Å². The molecule has 2 aromatic carbocycles. The van der Waals surface area contributed by atoms with Crippen molar-refractivity contribution in [2.45, 2.75) is 19.6 Å². The summed E-state index contributed by atoms with van der Waals surface area (Å²) in [7, 11) is 3.22. The van der Waals surface area contributed by atoms with E-state index >= 15 is 0 Å². The summed E-state index contributed by atoms with van der Waals surface area (Å²) in [6, 6.07) is 13.5. The summed E-state index contributed by atoms with van der Waals surface area (Å²) in [6.45, 7) is 1.64. The number of benzene rings is 2. The summed E-state index contributed by atoms with van der Waals surface area (Å²) in [5.74, 6) is -0.268. The van der Waals surface area contributed by atoms with Gasteiger partial charge in [0.2, 0.25) is 0 Å². The molecule has 1 aromatic heterocycles. The highest BCUT2D eigenvalue weighted by atomic mass is 19.2. The van der Waals surface area contributed by atoms with Gasteiger partial charge in [0.25, 0.3) is 0 Å². The zero-order chi connectivity index (χ0) is 19.9. The van der Waals surface area contributed by atoms with Gasteiger partial charge in [0.1, 0.15) is 11.5 Å². The Kier molecular flexibility index (Phi) is 6.55. The Morgan fingerprint density at radius 1 is 0.786 bits per heavy atom. The molecule has 1 heterocycles. The maximum atomic E-state index is 13.6. The van der Waals surface area contributed by atoms with Crippen LogP contribution < -0.4 is 9.47 Å². The highest BCUT2D eigenvalue weighted by molar-refractivity contribution is 5.40. The van der Waals surface area contributed by atoms with Gasteiger partial charge in [0, 0.05) is 43.7 Å². The second kappa shape index (κ2) is 9.28. The van der Waals surface area contributed by atoms with E-state index in [1.165, 1.54) is 6.07 Å². The van der Waals surface area contributed by atoms with Crippen LogP contribution in [-0.2, 0) is 19.6 Å². The summed E-state index contributed by atoms with van der Waals surface area (Å²) in [4.78, 5) is 6.18. The number of hydrogen-bond acceptors (Lipinski definition) is 4. The molecule has 0 radical (unpaired) electrons. The molecule has 0 bridgehead atoms. The first-order valence-electron chi connectivity index (χ1n) is 8.85. The lowest BCUT2D eigenvalue weighted by Crippen LogP contribution is -2.23. The molecule has 0 saturated heterocycles. The van der Waals surface area contributed by atoms with Crippen LogP contribution in [0.3, 0.4) is 0 Å². The first-order valence-corrected chi connectivity index (χ1v) is 8.85. The lowest BCUT2D eigenvalue weighted by molar-refractivity contribution is 0.243. The van der Waals surface area contributed by atoms with Crippen molar-refractivity contribution in [2.24, 2.45) is 0 Å². The molecule has 6 heteroatoms. The highest BCUT2D eigenvalue weighted by Gasteiger charge is 2.14. The van der Waals surface area contributed by atoms with Crippen molar-refractivity contribution in [1.29, 1.82) is 0 Å². The lowest BCUT2D eigenvalue weighted by atomic mass is 10.1. The molecule has 0 aliphatic rings. The van der Waals surface area contributed by atoms with Gasteiger partial charge in [-0.15, -0.1) is 0 Å². The minimum Gasteiger partial charge on any atom is -0.497 e. The fraction of sp³-hybridized carbons (Fsp3) is 0.227. The van der Waals surface area contributed by atoms with Crippen LogP contribution in [0.25, 0.3) is 0 Å². The molecule has 0 N–H and O–H groups in total. The second-order valence-electron chi connectivity index (χ2n) is 6.43. The molecule has 3 aromatic rings. The largest absolute Gasteiger partial charge is 0.497 e. The van der Waals surface area contributed by atoms with Gasteiger partial charge in [-0.25, -0.2) is 8.78 Å². The van der Waals surface area contributed by atoms with Gasteiger partial charge >= 0.3 is 0 Å². The van der Waals surface area contributed by atoms with E-state index in [2.05, 4.69) is 9.88 Å². The van der Waals surface area contributed by atoms with Crippen LogP contribution in [0.2, 0.25) is 0 Å². The maximum absolute atomic E-state index is 13.6. The fourth-order valence-electron chi connectivity index (χ4n) is 3.03. The number of hydrogen-bond donors (Lipinski definition) is 0. The molecular formula is C22H22F2N2O2. The van der Waals surface area contributed by atoms with Crippen LogP contribution in [0.1, 0.15) is 16.7 Å². The molecule has 0 unspecified atom stereocenters. The van der Waals surface area contributed by atoms with Crippen molar-refractivity contribution in [3.8, 4) is 11.5 Å². The number of halogens is 2. The average molecular weight is 384 g/mol. The summed E-state index contributed by atoms with van der Waals surface area (Å²) in [5.41, 5.74) is 2.74. The molecule has 3 rings (SSSR count). The minimum absolute atomic E-state index is 0.453. The fourth-order valence-corrected chi connectivity index (χ4v) is 3.03. The van der Waals surface area contributed by atoms with Crippen LogP contribution in [0, 0.1) is 11.6 Å². The van der Waals surface area contributed by atoms with Crippen LogP contribution in [0.15, 0.2) is 60.9 Å². The van der Waals surface area contributed by atoms with Gasteiger partial charge in [-0.1, -0.05) is 12.1 Å². The Labute approximate surface area is 163 Å². The van der Waals surface area contributed by atoms with Crippen LogP contribution in [-0.4, -0.2) is 24.1 Å². The summed E-state index contributed by atoms with van der Waals surface area (Å²) >= 11 is 0. The molecule has 146 valence electrons. The summed E-state index contributed by atoms with van der Waals surface area (Å²) in [5, 5.41) is 0. The van der Waals surface area contributed by atoms with Gasteiger partial charge in [-0.2, -0.15) is 0 Å². The second-order valence-corrected chi connectivity index (χ2v) is 6.43. The van der Waals surface area contributed by atoms with Crippen molar-refractivity contribution in [3.05, 3.63) is 89.2 Å². The van der Waals surface area contributed by atoms with Crippen molar-refractivity contribution in [2.75, 3.05) is 14.2 Å². The molecule has 0 amide bonds. The predicted molar refractivity (Wildman–Crippen MR) is 103 cm³/mol. The number of pyridine rings is 1. The first-order chi connectivity index (χ1) is 13.6. The normalized spacial score (nSPS) is 10.9. The molecule has 28 heavy (non-hydrogen) atoms. The molecule has 0 atom stereocenters. The molecule has 0 aliphatic heterocycles. The van der Waals surface area contributed by atoms with Gasteiger partial charge in [-0.3, -0.25) is 9.88 Å². The van der Waals surface area contributed by atoms with Crippen molar-refractivity contribution in [1.82, 2.24) is 9.88 Å². The molecule has 0 fully saturated rings. The minimum atomic E-state index is -0.846. The third-order valence-corrected chi connectivity index (χ3v) is 4.43. The van der Waals surface area contributed by atoms with Crippen molar-refractivity contribution in [3.63, 3.8) is 0 Å². The van der Waals surface area contributed by atoms with Crippen LogP contribution in [0.5, 0.6) is 11.5 Å². The summed E-state index contributed by atoms with van der Waals surface area (Å²) < 4.78 is 37.7. The molecule has 0 saturated carbocycles. The standard InChI is InChI=1S/C22H22F2N2O2/c1-27-19-5-4-18(22(12-19)28-2)15-26(13-16-7-9-25-10-8-16)14-17-3-6-20(23)21(24)11-17/h3-12H,13-15H2,1-2H3. The number of ether oxygens (including phenoxy) is 2. The van der Waals surface area contributed by atoms with Crippen LogP contribution >= 0.6 is 0 Å². The zero-order valence-electron chi connectivity index (χ0n) is 15.9. The third-order valence-electron chi connectivity index (χ3n) is 4.43. The van der Waals surface area contributed by atoms with E-state index in [0.29, 0.717) is 36.7 Å². The van der Waals surface area contributed by atoms with Gasteiger partial charge in [0.15, 0.2) is 11.6 Å². The average Bonchev–Trinajstić information content (AvgIpc) is 2.71. The van der Waals surface area contributed by atoms with E-state index in [1.807, 2.05) is 30.3 Å². The monoisotopic (exact) mass is 384 g/mol. The summed E-state index contributed by atoms with van der Waals surface area (Å²) in [6.07, 6.45) is 3.47. The predicted octanol–water partition coefficient (Wildman–Crippen LogP) is 4.58. The SMILES string of the molecule is COc1ccc(CN(Cc2ccncc2)Cc2ccc(F)c(F)c2)c(OC)c1. The maximum Gasteiger partial charge on any atom is 0.159 e. The Hall–Kier alpha value is -2.99. The number of rotatable bonds is 8. The Morgan fingerprint density at radius 2 is 1.54 bits per heavy atom. The number of nitrogens with zero attached hydrogens (tertiary/aromatic N) is 2. The van der Waals surface area contributed by atoms with E-state index in [9.17, 15) is 8.78 Å². The Bertz CT molecular complexity index is 920. The smallest absolute Gasteiger partial charge is 0.159 e.